The van der Waals surface area contributed by atoms with Crippen molar-refractivity contribution in [3.05, 3.63) is 0 Å². The summed E-state index contributed by atoms with van der Waals surface area (Å²) in [6.45, 7) is 5.10. The third-order valence-corrected chi connectivity index (χ3v) is 1.61. The first-order valence-electron chi connectivity index (χ1n) is 4.12. The summed E-state index contributed by atoms with van der Waals surface area (Å²) in [6.07, 6.45) is 0. The number of methoxy groups -OCH3 is 1. The molecule has 0 aliphatic heterocycles. The third-order valence-electron chi connectivity index (χ3n) is 1.61. The van der Waals surface area contributed by atoms with E-state index in [2.05, 4.69) is 5.32 Å². The average molecular weight is 174 g/mol. The minimum Gasteiger partial charge on any atom is -0.383 e. The summed E-state index contributed by atoms with van der Waals surface area (Å²) in [5.41, 5.74) is 0. The van der Waals surface area contributed by atoms with Gasteiger partial charge in [-0.3, -0.25) is 0 Å². The number of amides is 2. The predicted octanol–water partition coefficient (Wildman–Crippen LogP) is 0.683. The van der Waals surface area contributed by atoms with Crippen LogP contribution in [0.2, 0.25) is 0 Å². The monoisotopic (exact) mass is 174 g/mol. The Bertz CT molecular complexity index is 139. The van der Waals surface area contributed by atoms with E-state index < -0.39 is 0 Å². The number of nitrogens with one attached hydrogen (secondary N) is 1. The van der Waals surface area contributed by atoms with Gasteiger partial charge >= 0.3 is 6.03 Å². The molecule has 0 aliphatic carbocycles. The Kier molecular flexibility index (Phi) is 5.45. The van der Waals surface area contributed by atoms with Gasteiger partial charge in [-0.1, -0.05) is 0 Å². The maximum atomic E-state index is 11.2. The fourth-order valence-corrected chi connectivity index (χ4v) is 0.756. The molecule has 0 heterocycles. The number of carbonyl (C=O) groups excluding carboxylic acids is 1. The SMILES string of the molecule is CCN(C)C(=O)NC(C)COC. The number of nitrogens with zero attached hydrogens (tertiary/aromatic N) is 1. The molecule has 1 unspecified atom stereocenters. The van der Waals surface area contributed by atoms with Crippen LogP contribution in [0.5, 0.6) is 0 Å². The minimum absolute atomic E-state index is 0.0537. The van der Waals surface area contributed by atoms with Crippen LogP contribution in [0.25, 0.3) is 0 Å². The van der Waals surface area contributed by atoms with Crippen LogP contribution in [0, 0.1) is 0 Å². The van der Waals surface area contributed by atoms with E-state index >= 15 is 0 Å². The highest BCUT2D eigenvalue weighted by Gasteiger charge is 2.09. The summed E-state index contributed by atoms with van der Waals surface area (Å²) in [5, 5.41) is 2.79. The number of ether oxygens (including phenoxy) is 1. The number of hydrogen-bond acceptors (Lipinski definition) is 2. The van der Waals surface area contributed by atoms with Crippen molar-refractivity contribution in [3.63, 3.8) is 0 Å². The summed E-state index contributed by atoms with van der Waals surface area (Å²) in [4.78, 5) is 12.8. The van der Waals surface area contributed by atoms with Gasteiger partial charge in [0, 0.05) is 20.7 Å². The standard InChI is InChI=1S/C8H18N2O2/c1-5-10(3)8(11)9-7(2)6-12-4/h7H,5-6H2,1-4H3,(H,9,11). The maximum Gasteiger partial charge on any atom is 0.317 e. The lowest BCUT2D eigenvalue weighted by molar-refractivity contribution is 0.163. The fourth-order valence-electron chi connectivity index (χ4n) is 0.756. The molecule has 4 heteroatoms. The Balaban J connectivity index is 3.67. The van der Waals surface area contributed by atoms with E-state index in [1.165, 1.54) is 0 Å². The quantitative estimate of drug-likeness (QED) is 0.681. The fraction of sp³-hybridized carbons (Fsp3) is 0.875. The molecule has 12 heavy (non-hydrogen) atoms. The first-order valence-corrected chi connectivity index (χ1v) is 4.12. The van der Waals surface area contributed by atoms with Crippen LogP contribution in [-0.4, -0.2) is 44.3 Å². The highest BCUT2D eigenvalue weighted by molar-refractivity contribution is 5.74. The zero-order chi connectivity index (χ0) is 9.56. The van der Waals surface area contributed by atoms with Crippen LogP contribution >= 0.6 is 0 Å². The van der Waals surface area contributed by atoms with Crippen LogP contribution in [0.15, 0.2) is 0 Å². The van der Waals surface area contributed by atoms with Gasteiger partial charge in [0.1, 0.15) is 0 Å². The summed E-state index contributed by atoms with van der Waals surface area (Å²) < 4.78 is 4.88. The molecular weight excluding hydrogens is 156 g/mol. The molecule has 0 saturated heterocycles. The first kappa shape index (κ1) is 11.2. The van der Waals surface area contributed by atoms with Gasteiger partial charge in [-0.2, -0.15) is 0 Å². The molecule has 0 aliphatic rings. The van der Waals surface area contributed by atoms with Gasteiger partial charge in [-0.05, 0) is 13.8 Å². The highest BCUT2D eigenvalue weighted by atomic mass is 16.5. The second kappa shape index (κ2) is 5.83. The molecule has 0 fully saturated rings. The van der Waals surface area contributed by atoms with E-state index in [9.17, 15) is 4.79 Å². The summed E-state index contributed by atoms with van der Waals surface area (Å²) in [7, 11) is 3.38. The Hall–Kier alpha value is -0.770. The molecule has 0 saturated carbocycles. The van der Waals surface area contributed by atoms with E-state index in [0.29, 0.717) is 13.2 Å². The first-order chi connectivity index (χ1) is 5.61. The molecule has 0 bridgehead atoms. The van der Waals surface area contributed by atoms with Gasteiger partial charge in [0.15, 0.2) is 0 Å². The Morgan fingerprint density at radius 1 is 1.67 bits per heavy atom. The molecule has 0 aromatic carbocycles. The van der Waals surface area contributed by atoms with Crippen molar-refractivity contribution >= 4 is 6.03 Å². The van der Waals surface area contributed by atoms with Gasteiger partial charge in [0.2, 0.25) is 0 Å². The highest BCUT2D eigenvalue weighted by Crippen LogP contribution is 1.87. The van der Waals surface area contributed by atoms with Crippen molar-refractivity contribution in [3.8, 4) is 0 Å². The molecule has 1 N–H and O–H groups in total. The molecule has 2 amide bonds. The Morgan fingerprint density at radius 2 is 2.25 bits per heavy atom. The largest absolute Gasteiger partial charge is 0.383 e. The van der Waals surface area contributed by atoms with E-state index in [4.69, 9.17) is 4.74 Å². The van der Waals surface area contributed by atoms with Crippen molar-refractivity contribution in [2.24, 2.45) is 0 Å². The molecule has 72 valence electrons. The summed E-state index contributed by atoms with van der Waals surface area (Å²) in [5.74, 6) is 0. The van der Waals surface area contributed by atoms with Gasteiger partial charge < -0.3 is 15.0 Å². The van der Waals surface area contributed by atoms with E-state index in [0.717, 1.165) is 0 Å². The molecule has 0 aromatic rings. The topological polar surface area (TPSA) is 41.6 Å². The smallest absolute Gasteiger partial charge is 0.317 e. The second-order valence-corrected chi connectivity index (χ2v) is 2.82. The molecule has 4 nitrogen and oxygen atoms in total. The summed E-state index contributed by atoms with van der Waals surface area (Å²) in [6, 6.07) is 0.0125. The van der Waals surface area contributed by atoms with Crippen molar-refractivity contribution in [1.29, 1.82) is 0 Å². The van der Waals surface area contributed by atoms with Crippen LogP contribution in [0.3, 0.4) is 0 Å². The van der Waals surface area contributed by atoms with Crippen LogP contribution < -0.4 is 5.32 Å². The summed E-state index contributed by atoms with van der Waals surface area (Å²) >= 11 is 0. The van der Waals surface area contributed by atoms with Crippen molar-refractivity contribution < 1.29 is 9.53 Å². The minimum atomic E-state index is -0.0537. The predicted molar refractivity (Wildman–Crippen MR) is 48.2 cm³/mol. The van der Waals surface area contributed by atoms with Crippen molar-refractivity contribution in [2.45, 2.75) is 19.9 Å². The van der Waals surface area contributed by atoms with Gasteiger partial charge in [-0.25, -0.2) is 4.79 Å². The lowest BCUT2D eigenvalue weighted by Gasteiger charge is -2.19. The zero-order valence-corrected chi connectivity index (χ0v) is 8.26. The van der Waals surface area contributed by atoms with E-state index in [1.807, 2.05) is 13.8 Å². The number of carbonyl (C=O) groups is 1. The number of urea groups is 1. The molecular formula is C8H18N2O2. The maximum absolute atomic E-state index is 11.2. The Morgan fingerprint density at radius 3 is 2.67 bits per heavy atom. The molecule has 0 spiro atoms. The molecule has 0 rings (SSSR count). The van der Waals surface area contributed by atoms with Crippen LogP contribution in [-0.2, 0) is 4.74 Å². The normalized spacial score (nSPS) is 12.3. The van der Waals surface area contributed by atoms with E-state index in [-0.39, 0.29) is 12.1 Å². The van der Waals surface area contributed by atoms with Gasteiger partial charge in [0.25, 0.3) is 0 Å². The lowest BCUT2D eigenvalue weighted by Crippen LogP contribution is -2.43. The average Bonchev–Trinajstić information content (AvgIpc) is 2.03. The van der Waals surface area contributed by atoms with Crippen LogP contribution in [0.1, 0.15) is 13.8 Å². The second-order valence-electron chi connectivity index (χ2n) is 2.82. The number of hydrogen-bond donors (Lipinski definition) is 1. The lowest BCUT2D eigenvalue weighted by atomic mass is 10.4. The Labute approximate surface area is 73.9 Å². The number of rotatable bonds is 4. The van der Waals surface area contributed by atoms with Crippen LogP contribution in [0.4, 0.5) is 4.79 Å². The van der Waals surface area contributed by atoms with Crippen molar-refractivity contribution in [1.82, 2.24) is 10.2 Å². The van der Waals surface area contributed by atoms with Gasteiger partial charge in [0.05, 0.1) is 12.6 Å². The third kappa shape index (κ3) is 4.18. The van der Waals surface area contributed by atoms with Crippen molar-refractivity contribution in [2.75, 3.05) is 27.3 Å². The van der Waals surface area contributed by atoms with E-state index in [1.54, 1.807) is 19.1 Å². The molecule has 0 aromatic heterocycles. The zero-order valence-electron chi connectivity index (χ0n) is 8.26. The molecule has 0 radical (unpaired) electrons. The van der Waals surface area contributed by atoms with Gasteiger partial charge in [-0.15, -0.1) is 0 Å². The molecule has 1 atom stereocenters.